The number of nitrogens with zero attached hydrogens (tertiary/aromatic N) is 2. The van der Waals surface area contributed by atoms with Crippen LogP contribution in [0.1, 0.15) is 38.3 Å². The molecule has 1 aromatic heterocycles. The number of thiazole rings is 1. The fourth-order valence-corrected chi connectivity index (χ4v) is 2.87. The normalized spacial score (nSPS) is 11.1. The third kappa shape index (κ3) is 2.69. The maximum atomic E-state index is 5.71. The number of aryl methyl sites for hydroxylation is 1. The average Bonchev–Trinajstić information content (AvgIpc) is 2.61. The summed E-state index contributed by atoms with van der Waals surface area (Å²) in [4.78, 5) is 8.19. The molecule has 0 aliphatic heterocycles. The van der Waals surface area contributed by atoms with Gasteiger partial charge in [-0.3, -0.25) is 0 Å². The molecule has 86 valence electrons. The summed E-state index contributed by atoms with van der Waals surface area (Å²) in [5.41, 5.74) is 6.87. The van der Waals surface area contributed by atoms with Crippen LogP contribution in [-0.4, -0.2) is 17.6 Å². The first kappa shape index (κ1) is 12.5. The molecule has 1 heterocycles. The topological polar surface area (TPSA) is 42.2 Å². The van der Waals surface area contributed by atoms with Crippen molar-refractivity contribution in [3.8, 4) is 0 Å². The van der Waals surface area contributed by atoms with E-state index >= 15 is 0 Å². The first-order valence-corrected chi connectivity index (χ1v) is 6.40. The Hall–Kier alpha value is -0.610. The molecule has 15 heavy (non-hydrogen) atoms. The summed E-state index contributed by atoms with van der Waals surface area (Å²) >= 11 is 1.73. The Morgan fingerprint density at radius 2 is 2.07 bits per heavy atom. The Bertz CT molecular complexity index is 285. The van der Waals surface area contributed by atoms with Gasteiger partial charge in [-0.1, -0.05) is 6.92 Å². The first-order chi connectivity index (χ1) is 7.13. The van der Waals surface area contributed by atoms with Crippen LogP contribution < -0.4 is 10.6 Å². The molecular weight excluding hydrogens is 206 g/mol. The fraction of sp³-hybridized carbons (Fsp3) is 0.727. The van der Waals surface area contributed by atoms with Gasteiger partial charge >= 0.3 is 0 Å². The molecular formula is C11H21N3S. The molecule has 0 unspecified atom stereocenters. The van der Waals surface area contributed by atoms with Crippen LogP contribution in [0.2, 0.25) is 0 Å². The predicted molar refractivity (Wildman–Crippen MR) is 67.5 cm³/mol. The molecule has 4 heteroatoms. The lowest BCUT2D eigenvalue weighted by molar-refractivity contribution is 0.699. The predicted octanol–water partition coefficient (Wildman–Crippen LogP) is 2.40. The molecule has 0 amide bonds. The van der Waals surface area contributed by atoms with Crippen LogP contribution in [0.3, 0.4) is 0 Å². The molecule has 0 fully saturated rings. The Kier molecular flexibility index (Phi) is 4.54. The molecule has 0 radical (unpaired) electrons. The highest BCUT2D eigenvalue weighted by atomic mass is 32.1. The molecule has 0 bridgehead atoms. The van der Waals surface area contributed by atoms with E-state index in [1.807, 2.05) is 0 Å². The third-order valence-corrected chi connectivity index (χ3v) is 3.65. The molecule has 0 saturated heterocycles. The number of aromatic nitrogens is 1. The van der Waals surface area contributed by atoms with E-state index in [0.717, 1.165) is 23.8 Å². The van der Waals surface area contributed by atoms with Gasteiger partial charge in [0, 0.05) is 24.0 Å². The van der Waals surface area contributed by atoms with Gasteiger partial charge in [0.25, 0.3) is 0 Å². The molecule has 1 aromatic rings. The maximum absolute atomic E-state index is 5.71. The zero-order valence-corrected chi connectivity index (χ0v) is 10.9. The van der Waals surface area contributed by atoms with Gasteiger partial charge in [-0.05, 0) is 27.2 Å². The Morgan fingerprint density at radius 3 is 2.40 bits per heavy atom. The van der Waals surface area contributed by atoms with E-state index in [1.165, 1.54) is 4.88 Å². The third-order valence-electron chi connectivity index (χ3n) is 2.50. The molecule has 2 N–H and O–H groups in total. The molecule has 3 nitrogen and oxygen atoms in total. The number of anilines is 1. The Balaban J connectivity index is 2.98. The van der Waals surface area contributed by atoms with Crippen molar-refractivity contribution >= 4 is 16.5 Å². The lowest BCUT2D eigenvalue weighted by Crippen LogP contribution is -2.30. The first-order valence-electron chi connectivity index (χ1n) is 5.59. The van der Waals surface area contributed by atoms with E-state index in [1.54, 1.807) is 11.3 Å². The zero-order valence-electron chi connectivity index (χ0n) is 10.1. The van der Waals surface area contributed by atoms with Crippen molar-refractivity contribution in [1.82, 2.24) is 4.98 Å². The largest absolute Gasteiger partial charge is 0.346 e. The van der Waals surface area contributed by atoms with Crippen molar-refractivity contribution in [2.75, 3.05) is 11.4 Å². The van der Waals surface area contributed by atoms with Crippen molar-refractivity contribution in [2.45, 2.75) is 46.7 Å². The summed E-state index contributed by atoms with van der Waals surface area (Å²) in [5.74, 6) is 0. The molecule has 0 spiro atoms. The van der Waals surface area contributed by atoms with Gasteiger partial charge in [-0.2, -0.15) is 0 Å². The van der Waals surface area contributed by atoms with Gasteiger partial charge in [0.1, 0.15) is 0 Å². The summed E-state index contributed by atoms with van der Waals surface area (Å²) < 4.78 is 0. The van der Waals surface area contributed by atoms with Crippen LogP contribution in [-0.2, 0) is 13.0 Å². The van der Waals surface area contributed by atoms with Crippen LogP contribution in [0.25, 0.3) is 0 Å². The smallest absolute Gasteiger partial charge is 0.186 e. The van der Waals surface area contributed by atoms with Gasteiger partial charge in [0.2, 0.25) is 0 Å². The number of hydrogen-bond acceptors (Lipinski definition) is 4. The van der Waals surface area contributed by atoms with Crippen LogP contribution in [0.15, 0.2) is 0 Å². The lowest BCUT2D eigenvalue weighted by atomic mass is 10.3. The van der Waals surface area contributed by atoms with Gasteiger partial charge < -0.3 is 10.6 Å². The molecule has 0 aliphatic rings. The van der Waals surface area contributed by atoms with Crippen molar-refractivity contribution in [3.05, 3.63) is 10.6 Å². The van der Waals surface area contributed by atoms with Crippen molar-refractivity contribution in [3.63, 3.8) is 0 Å². The lowest BCUT2D eigenvalue weighted by Gasteiger charge is -2.24. The minimum atomic E-state index is 0.497. The van der Waals surface area contributed by atoms with Crippen molar-refractivity contribution in [2.24, 2.45) is 5.73 Å². The fourth-order valence-electron chi connectivity index (χ4n) is 1.65. The summed E-state index contributed by atoms with van der Waals surface area (Å²) in [6, 6.07) is 0.497. The second-order valence-electron chi connectivity index (χ2n) is 3.80. The summed E-state index contributed by atoms with van der Waals surface area (Å²) in [6.45, 7) is 10.3. The molecule has 0 aromatic carbocycles. The number of rotatable bonds is 5. The van der Waals surface area contributed by atoms with Crippen LogP contribution in [0.4, 0.5) is 5.13 Å². The quantitative estimate of drug-likeness (QED) is 0.840. The standard InChI is InChI=1S/C11H21N3S/c1-5-9-10(7-12)15-11(13-9)14(6-2)8(3)4/h8H,5-7,12H2,1-4H3. The van der Waals surface area contributed by atoms with Gasteiger partial charge in [-0.25, -0.2) is 4.98 Å². The summed E-state index contributed by atoms with van der Waals surface area (Å²) in [7, 11) is 0. The van der Waals surface area contributed by atoms with Crippen molar-refractivity contribution < 1.29 is 0 Å². The highest BCUT2D eigenvalue weighted by Gasteiger charge is 2.15. The maximum Gasteiger partial charge on any atom is 0.186 e. The van der Waals surface area contributed by atoms with Crippen LogP contribution in [0.5, 0.6) is 0 Å². The summed E-state index contributed by atoms with van der Waals surface area (Å²) in [5, 5.41) is 1.12. The average molecular weight is 227 g/mol. The van der Waals surface area contributed by atoms with E-state index in [0.29, 0.717) is 12.6 Å². The second-order valence-corrected chi connectivity index (χ2v) is 4.87. The van der Waals surface area contributed by atoms with E-state index < -0.39 is 0 Å². The van der Waals surface area contributed by atoms with Crippen LogP contribution in [0, 0.1) is 0 Å². The minimum Gasteiger partial charge on any atom is -0.346 e. The van der Waals surface area contributed by atoms with Crippen molar-refractivity contribution in [1.29, 1.82) is 0 Å². The van der Waals surface area contributed by atoms with Crippen LogP contribution >= 0.6 is 11.3 Å². The Labute approximate surface area is 96.3 Å². The highest BCUT2D eigenvalue weighted by molar-refractivity contribution is 7.15. The SMILES string of the molecule is CCc1nc(N(CC)C(C)C)sc1CN. The van der Waals surface area contributed by atoms with Gasteiger partial charge in [0.15, 0.2) is 5.13 Å². The molecule has 0 atom stereocenters. The monoisotopic (exact) mass is 227 g/mol. The zero-order chi connectivity index (χ0) is 11.4. The number of hydrogen-bond donors (Lipinski definition) is 1. The Morgan fingerprint density at radius 1 is 1.40 bits per heavy atom. The summed E-state index contributed by atoms with van der Waals surface area (Å²) in [6.07, 6.45) is 0.971. The highest BCUT2D eigenvalue weighted by Crippen LogP contribution is 2.27. The minimum absolute atomic E-state index is 0.497. The van der Waals surface area contributed by atoms with E-state index in [2.05, 4.69) is 37.6 Å². The molecule has 0 aliphatic carbocycles. The molecule has 1 rings (SSSR count). The second kappa shape index (κ2) is 5.47. The molecule has 0 saturated carbocycles. The van der Waals surface area contributed by atoms with Gasteiger partial charge in [-0.15, -0.1) is 11.3 Å². The van der Waals surface area contributed by atoms with E-state index in [4.69, 9.17) is 5.73 Å². The van der Waals surface area contributed by atoms with Gasteiger partial charge in [0.05, 0.1) is 5.69 Å². The number of nitrogens with two attached hydrogens (primary N) is 1. The van der Waals surface area contributed by atoms with E-state index in [-0.39, 0.29) is 0 Å². The van der Waals surface area contributed by atoms with E-state index in [9.17, 15) is 0 Å².